The van der Waals surface area contributed by atoms with E-state index in [9.17, 15) is 13.2 Å². The predicted molar refractivity (Wildman–Crippen MR) is 75.0 cm³/mol. The first-order valence-electron chi connectivity index (χ1n) is 6.45. The van der Waals surface area contributed by atoms with Gasteiger partial charge in [0.1, 0.15) is 11.9 Å². The number of anilines is 2. The van der Waals surface area contributed by atoms with E-state index in [4.69, 9.17) is 5.26 Å². The van der Waals surface area contributed by atoms with Gasteiger partial charge >= 0.3 is 6.18 Å². The molecule has 3 aromatic rings. The number of fused-ring (bicyclic) bond motifs is 1. The number of hydrogen-bond donors (Lipinski definition) is 1. The monoisotopic (exact) mass is 318 g/mol. The molecule has 0 aliphatic heterocycles. The van der Waals surface area contributed by atoms with Crippen LogP contribution >= 0.6 is 0 Å². The molecule has 0 bridgehead atoms. The van der Waals surface area contributed by atoms with E-state index in [-0.39, 0.29) is 11.6 Å². The lowest BCUT2D eigenvalue weighted by Crippen LogP contribution is -2.05. The SMILES string of the molecule is Cc1cc(Nc2ccc(C(F)(F)F)cc2)n2nc(C#N)nc2n1. The first-order chi connectivity index (χ1) is 10.9. The van der Waals surface area contributed by atoms with Crippen molar-refractivity contribution in [1.29, 1.82) is 5.26 Å². The zero-order valence-corrected chi connectivity index (χ0v) is 11.8. The van der Waals surface area contributed by atoms with E-state index in [0.717, 1.165) is 12.1 Å². The molecule has 1 aromatic carbocycles. The number of aryl methyl sites for hydroxylation is 1. The van der Waals surface area contributed by atoms with Gasteiger partial charge in [-0.05, 0) is 31.2 Å². The Balaban J connectivity index is 1.98. The van der Waals surface area contributed by atoms with Crippen LogP contribution in [0.2, 0.25) is 0 Å². The van der Waals surface area contributed by atoms with Gasteiger partial charge < -0.3 is 5.32 Å². The Labute approximate surface area is 128 Å². The van der Waals surface area contributed by atoms with E-state index >= 15 is 0 Å². The summed E-state index contributed by atoms with van der Waals surface area (Å²) in [6, 6.07) is 8.06. The van der Waals surface area contributed by atoms with Crippen molar-refractivity contribution in [3.63, 3.8) is 0 Å². The van der Waals surface area contributed by atoms with E-state index in [0.29, 0.717) is 17.2 Å². The third-order valence-electron chi connectivity index (χ3n) is 3.02. The van der Waals surface area contributed by atoms with E-state index in [2.05, 4.69) is 20.4 Å². The van der Waals surface area contributed by atoms with Gasteiger partial charge in [-0.25, -0.2) is 4.98 Å². The molecule has 1 N–H and O–H groups in total. The minimum absolute atomic E-state index is 0.0430. The molecule has 0 atom stereocenters. The van der Waals surface area contributed by atoms with Gasteiger partial charge in [-0.15, -0.1) is 5.10 Å². The molecule has 9 heteroatoms. The van der Waals surface area contributed by atoms with Crippen LogP contribution in [0, 0.1) is 18.3 Å². The Bertz CT molecular complexity index is 905. The lowest BCUT2D eigenvalue weighted by Gasteiger charge is -2.10. The third kappa shape index (κ3) is 2.91. The normalized spacial score (nSPS) is 11.4. The fourth-order valence-electron chi connectivity index (χ4n) is 2.01. The summed E-state index contributed by atoms with van der Waals surface area (Å²) >= 11 is 0. The van der Waals surface area contributed by atoms with Crippen molar-refractivity contribution >= 4 is 17.3 Å². The first kappa shape index (κ1) is 14.8. The summed E-state index contributed by atoms with van der Waals surface area (Å²) in [5.41, 5.74) is 0.342. The van der Waals surface area contributed by atoms with Gasteiger partial charge in [0, 0.05) is 17.4 Å². The fourth-order valence-corrected chi connectivity index (χ4v) is 2.01. The molecule has 0 fully saturated rings. The number of hydrogen-bond acceptors (Lipinski definition) is 5. The average molecular weight is 318 g/mol. The second kappa shape index (κ2) is 5.24. The number of nitriles is 1. The molecule has 0 unspecified atom stereocenters. The summed E-state index contributed by atoms with van der Waals surface area (Å²) < 4.78 is 39.0. The van der Waals surface area contributed by atoms with Crippen LogP contribution in [0.25, 0.3) is 5.78 Å². The van der Waals surface area contributed by atoms with Crippen molar-refractivity contribution < 1.29 is 13.2 Å². The van der Waals surface area contributed by atoms with Gasteiger partial charge in [0.05, 0.1) is 5.56 Å². The van der Waals surface area contributed by atoms with Gasteiger partial charge in [-0.2, -0.15) is 27.9 Å². The van der Waals surface area contributed by atoms with Crippen LogP contribution in [-0.4, -0.2) is 19.6 Å². The minimum Gasteiger partial charge on any atom is -0.340 e. The number of rotatable bonds is 2. The Kier molecular flexibility index (Phi) is 3.37. The standard InChI is InChI=1S/C14H9F3N6/c1-8-6-12(23-13(19-8)21-11(7-18)22-23)20-10-4-2-9(3-5-10)14(15,16)17/h2-6,20H,1H3. The molecule has 2 heterocycles. The molecule has 6 nitrogen and oxygen atoms in total. The zero-order chi connectivity index (χ0) is 16.6. The molecule has 0 aliphatic rings. The van der Waals surface area contributed by atoms with Crippen molar-refractivity contribution in [2.45, 2.75) is 13.1 Å². The molecular weight excluding hydrogens is 309 g/mol. The summed E-state index contributed by atoms with van der Waals surface area (Å²) in [7, 11) is 0. The maximum Gasteiger partial charge on any atom is 0.416 e. The molecule has 23 heavy (non-hydrogen) atoms. The molecule has 0 amide bonds. The Morgan fingerprint density at radius 2 is 1.87 bits per heavy atom. The quantitative estimate of drug-likeness (QED) is 0.785. The first-order valence-corrected chi connectivity index (χ1v) is 6.45. The maximum atomic E-state index is 12.6. The van der Waals surface area contributed by atoms with E-state index in [1.165, 1.54) is 16.6 Å². The summed E-state index contributed by atoms with van der Waals surface area (Å²) in [5.74, 6) is 0.635. The molecule has 0 aliphatic carbocycles. The predicted octanol–water partition coefficient (Wildman–Crippen LogP) is 3.07. The van der Waals surface area contributed by atoms with E-state index < -0.39 is 11.7 Å². The van der Waals surface area contributed by atoms with Crippen molar-refractivity contribution in [1.82, 2.24) is 19.6 Å². The number of nitrogens with zero attached hydrogens (tertiary/aromatic N) is 5. The van der Waals surface area contributed by atoms with Crippen LogP contribution in [0.1, 0.15) is 17.1 Å². The highest BCUT2D eigenvalue weighted by atomic mass is 19.4. The van der Waals surface area contributed by atoms with Gasteiger partial charge in [0.2, 0.25) is 0 Å². The summed E-state index contributed by atoms with van der Waals surface area (Å²) in [4.78, 5) is 8.07. The van der Waals surface area contributed by atoms with Gasteiger partial charge in [0.25, 0.3) is 11.6 Å². The highest BCUT2D eigenvalue weighted by molar-refractivity contribution is 5.59. The van der Waals surface area contributed by atoms with Gasteiger partial charge in [0.15, 0.2) is 0 Å². The molecule has 0 spiro atoms. The number of aromatic nitrogens is 4. The lowest BCUT2D eigenvalue weighted by atomic mass is 10.2. The highest BCUT2D eigenvalue weighted by Gasteiger charge is 2.29. The topological polar surface area (TPSA) is 78.9 Å². The maximum absolute atomic E-state index is 12.6. The molecule has 0 saturated heterocycles. The summed E-state index contributed by atoms with van der Waals surface area (Å²) in [6.45, 7) is 1.73. The zero-order valence-electron chi connectivity index (χ0n) is 11.8. The van der Waals surface area contributed by atoms with Crippen molar-refractivity contribution in [3.05, 3.63) is 47.4 Å². The minimum atomic E-state index is -4.38. The Morgan fingerprint density at radius 1 is 1.17 bits per heavy atom. The van der Waals surface area contributed by atoms with Crippen LogP contribution in [0.3, 0.4) is 0 Å². The Hall–Kier alpha value is -3.15. The van der Waals surface area contributed by atoms with Crippen molar-refractivity contribution in [2.24, 2.45) is 0 Å². The van der Waals surface area contributed by atoms with Crippen LogP contribution in [-0.2, 0) is 6.18 Å². The largest absolute Gasteiger partial charge is 0.416 e. The second-order valence-electron chi connectivity index (χ2n) is 4.74. The number of halogens is 3. The highest BCUT2D eigenvalue weighted by Crippen LogP contribution is 2.30. The Morgan fingerprint density at radius 3 is 2.48 bits per heavy atom. The number of alkyl halides is 3. The third-order valence-corrected chi connectivity index (χ3v) is 3.02. The number of nitrogens with one attached hydrogen (secondary N) is 1. The van der Waals surface area contributed by atoms with Crippen molar-refractivity contribution in [3.8, 4) is 6.07 Å². The van der Waals surface area contributed by atoms with Crippen molar-refractivity contribution in [2.75, 3.05) is 5.32 Å². The smallest absolute Gasteiger partial charge is 0.340 e. The van der Waals surface area contributed by atoms with Gasteiger partial charge in [-0.1, -0.05) is 0 Å². The lowest BCUT2D eigenvalue weighted by molar-refractivity contribution is -0.137. The fraction of sp³-hybridized carbons (Fsp3) is 0.143. The molecule has 0 saturated carbocycles. The second-order valence-corrected chi connectivity index (χ2v) is 4.74. The van der Waals surface area contributed by atoms with Crippen LogP contribution < -0.4 is 5.32 Å². The molecule has 3 rings (SSSR count). The molecule has 0 radical (unpaired) electrons. The average Bonchev–Trinajstić information content (AvgIpc) is 2.90. The molecule has 116 valence electrons. The number of benzene rings is 1. The van der Waals surface area contributed by atoms with E-state index in [1.807, 2.05) is 6.07 Å². The molecule has 2 aromatic heterocycles. The van der Waals surface area contributed by atoms with E-state index in [1.54, 1.807) is 13.0 Å². The summed E-state index contributed by atoms with van der Waals surface area (Å²) in [5, 5.41) is 15.8. The van der Waals surface area contributed by atoms with Gasteiger partial charge in [-0.3, -0.25) is 0 Å². The molecular formula is C14H9F3N6. The summed E-state index contributed by atoms with van der Waals surface area (Å²) in [6.07, 6.45) is -4.38. The van der Waals surface area contributed by atoms with Crippen LogP contribution in [0.15, 0.2) is 30.3 Å². The van der Waals surface area contributed by atoms with Crippen LogP contribution in [0.4, 0.5) is 24.7 Å². The van der Waals surface area contributed by atoms with Crippen LogP contribution in [0.5, 0.6) is 0 Å².